The fraction of sp³-hybridized carbons (Fsp3) is 0.381. The van der Waals surface area contributed by atoms with Gasteiger partial charge in [0.15, 0.2) is 6.20 Å². The van der Waals surface area contributed by atoms with E-state index in [1.165, 1.54) is 40.7 Å². The molecule has 0 radical (unpaired) electrons. The van der Waals surface area contributed by atoms with E-state index in [0.29, 0.717) is 0 Å². The summed E-state index contributed by atoms with van der Waals surface area (Å²) in [5.41, 5.74) is 6.25. The van der Waals surface area contributed by atoms with Crippen molar-refractivity contribution in [1.29, 1.82) is 0 Å². The second-order valence-electron chi connectivity index (χ2n) is 7.63. The summed E-state index contributed by atoms with van der Waals surface area (Å²) in [5.74, 6) is 1.20. The van der Waals surface area contributed by atoms with Crippen molar-refractivity contribution in [3.8, 4) is 11.3 Å². The fourth-order valence-corrected chi connectivity index (χ4v) is 3.58. The largest absolute Gasteiger partial charge is 0.460 e. The van der Waals surface area contributed by atoms with Crippen LogP contribution in [0.5, 0.6) is 0 Å². The number of aryl methyl sites for hydroxylation is 2. The van der Waals surface area contributed by atoms with Crippen LogP contribution in [-0.2, 0) is 18.3 Å². The Kier molecular flexibility index (Phi) is 3.29. The molecule has 0 spiro atoms. The van der Waals surface area contributed by atoms with Crippen LogP contribution in [0.15, 0.2) is 40.9 Å². The number of nitrogens with one attached hydrogen (secondary N) is 1. The van der Waals surface area contributed by atoms with E-state index in [2.05, 4.69) is 56.1 Å². The molecule has 2 heterocycles. The number of hydrogen-bond donors (Lipinski definition) is 0. The molecule has 0 saturated heterocycles. The highest BCUT2D eigenvalue weighted by atomic mass is 16.3. The summed E-state index contributed by atoms with van der Waals surface area (Å²) < 4.78 is 6.28. The van der Waals surface area contributed by atoms with E-state index in [4.69, 9.17) is 4.42 Å². The van der Waals surface area contributed by atoms with Crippen molar-refractivity contribution in [2.45, 2.75) is 51.9 Å². The van der Waals surface area contributed by atoms with Crippen LogP contribution in [0.2, 0.25) is 0 Å². The fourth-order valence-electron chi connectivity index (χ4n) is 3.58. The van der Waals surface area contributed by atoms with Crippen LogP contribution in [0.4, 0.5) is 0 Å². The van der Waals surface area contributed by atoms with Gasteiger partial charge in [-0.15, -0.1) is 0 Å². The van der Waals surface area contributed by atoms with Crippen molar-refractivity contribution in [3.05, 3.63) is 53.4 Å². The Hall–Kier alpha value is -2.09. The maximum atomic E-state index is 6.28. The van der Waals surface area contributed by atoms with Crippen molar-refractivity contribution >= 4 is 11.0 Å². The van der Waals surface area contributed by atoms with E-state index in [-0.39, 0.29) is 5.41 Å². The Morgan fingerprint density at radius 3 is 2.70 bits per heavy atom. The van der Waals surface area contributed by atoms with Gasteiger partial charge in [-0.3, -0.25) is 0 Å². The monoisotopic (exact) mass is 306 g/mol. The molecule has 1 aliphatic carbocycles. The SMILES string of the molecule is CC(C)(C)c1cc[nH+]c(-c2cccc3c4c(oc23)CCCC4)c1. The number of H-pyrrole nitrogens is 1. The summed E-state index contributed by atoms with van der Waals surface area (Å²) >= 11 is 0. The summed E-state index contributed by atoms with van der Waals surface area (Å²) in [7, 11) is 0. The Labute approximate surface area is 137 Å². The molecule has 0 atom stereocenters. The molecule has 0 amide bonds. The highest BCUT2D eigenvalue weighted by molar-refractivity contribution is 5.93. The molecular weight excluding hydrogens is 282 g/mol. The Bertz CT molecular complexity index is 867. The predicted octanol–water partition coefficient (Wildman–Crippen LogP) is 5.09. The molecule has 118 valence electrons. The molecule has 1 N–H and O–H groups in total. The van der Waals surface area contributed by atoms with Gasteiger partial charge in [0.25, 0.3) is 0 Å². The quantitative estimate of drug-likeness (QED) is 0.615. The lowest BCUT2D eigenvalue weighted by molar-refractivity contribution is -0.364. The van der Waals surface area contributed by atoms with Gasteiger partial charge in [-0.2, -0.15) is 0 Å². The van der Waals surface area contributed by atoms with Crippen molar-refractivity contribution in [2.75, 3.05) is 0 Å². The minimum atomic E-state index is 0.139. The third-order valence-electron chi connectivity index (χ3n) is 4.94. The molecule has 2 heteroatoms. The lowest BCUT2D eigenvalue weighted by atomic mass is 9.87. The third-order valence-corrected chi connectivity index (χ3v) is 4.94. The molecule has 23 heavy (non-hydrogen) atoms. The minimum absolute atomic E-state index is 0.139. The molecule has 0 fully saturated rings. The maximum Gasteiger partial charge on any atom is 0.214 e. The van der Waals surface area contributed by atoms with E-state index < -0.39 is 0 Å². The number of rotatable bonds is 1. The van der Waals surface area contributed by atoms with Crippen LogP contribution in [-0.4, -0.2) is 0 Å². The molecular formula is C21H24NO+. The number of benzene rings is 1. The van der Waals surface area contributed by atoms with Crippen molar-refractivity contribution in [2.24, 2.45) is 0 Å². The highest BCUT2D eigenvalue weighted by Crippen LogP contribution is 2.36. The van der Waals surface area contributed by atoms with E-state index in [9.17, 15) is 0 Å². The van der Waals surface area contributed by atoms with Crippen LogP contribution in [0.1, 0.15) is 50.5 Å². The summed E-state index contributed by atoms with van der Waals surface area (Å²) in [6.45, 7) is 6.74. The molecule has 2 aromatic heterocycles. The lowest BCUT2D eigenvalue weighted by Crippen LogP contribution is -2.15. The van der Waals surface area contributed by atoms with Crippen LogP contribution in [0.25, 0.3) is 22.2 Å². The van der Waals surface area contributed by atoms with E-state index in [1.54, 1.807) is 0 Å². The maximum absolute atomic E-state index is 6.28. The van der Waals surface area contributed by atoms with Crippen molar-refractivity contribution in [3.63, 3.8) is 0 Å². The molecule has 1 aromatic carbocycles. The van der Waals surface area contributed by atoms with Gasteiger partial charge in [0, 0.05) is 29.5 Å². The van der Waals surface area contributed by atoms with Gasteiger partial charge in [-0.1, -0.05) is 32.9 Å². The Morgan fingerprint density at radius 1 is 1.04 bits per heavy atom. The van der Waals surface area contributed by atoms with Gasteiger partial charge >= 0.3 is 0 Å². The van der Waals surface area contributed by atoms with Gasteiger partial charge in [0.2, 0.25) is 5.69 Å². The average molecular weight is 306 g/mol. The zero-order valence-electron chi connectivity index (χ0n) is 14.2. The molecule has 0 saturated carbocycles. The van der Waals surface area contributed by atoms with Crippen LogP contribution < -0.4 is 4.98 Å². The number of aromatic amines is 1. The van der Waals surface area contributed by atoms with Gasteiger partial charge in [-0.05, 0) is 36.3 Å². The number of furan rings is 1. The van der Waals surface area contributed by atoms with Crippen molar-refractivity contribution in [1.82, 2.24) is 0 Å². The summed E-state index contributed by atoms with van der Waals surface area (Å²) in [4.78, 5) is 3.41. The normalized spacial score (nSPS) is 14.9. The zero-order valence-corrected chi connectivity index (χ0v) is 14.2. The molecule has 0 bridgehead atoms. The molecule has 1 aliphatic rings. The predicted molar refractivity (Wildman–Crippen MR) is 93.5 cm³/mol. The average Bonchev–Trinajstić information content (AvgIpc) is 2.93. The highest BCUT2D eigenvalue weighted by Gasteiger charge is 2.23. The van der Waals surface area contributed by atoms with E-state index in [1.807, 2.05) is 6.20 Å². The molecule has 0 aliphatic heterocycles. The van der Waals surface area contributed by atoms with Gasteiger partial charge in [0.1, 0.15) is 11.3 Å². The molecule has 0 unspecified atom stereocenters. The van der Waals surface area contributed by atoms with E-state index in [0.717, 1.165) is 24.1 Å². The van der Waals surface area contributed by atoms with E-state index >= 15 is 0 Å². The van der Waals surface area contributed by atoms with Crippen LogP contribution in [0.3, 0.4) is 0 Å². The second-order valence-corrected chi connectivity index (χ2v) is 7.63. The topological polar surface area (TPSA) is 27.3 Å². The first-order chi connectivity index (χ1) is 11.0. The minimum Gasteiger partial charge on any atom is -0.460 e. The standard InChI is InChI=1S/C21H23NO/c1-21(2,3)14-11-12-22-18(13-14)17-9-6-8-16-15-7-4-5-10-19(15)23-20(16)17/h6,8-9,11-13H,4-5,7,10H2,1-3H3/p+1. The summed E-state index contributed by atoms with van der Waals surface area (Å²) in [6, 6.07) is 10.9. The number of pyridine rings is 1. The Morgan fingerprint density at radius 2 is 1.87 bits per heavy atom. The van der Waals surface area contributed by atoms with Gasteiger partial charge in [0.05, 0.1) is 5.56 Å². The zero-order chi connectivity index (χ0) is 16.0. The number of hydrogen-bond acceptors (Lipinski definition) is 1. The van der Waals surface area contributed by atoms with Gasteiger partial charge in [-0.25, -0.2) is 4.98 Å². The second kappa shape index (κ2) is 5.23. The number of fused-ring (bicyclic) bond motifs is 3. The number of aromatic nitrogens is 1. The summed E-state index contributed by atoms with van der Waals surface area (Å²) in [5, 5.41) is 1.30. The first-order valence-corrected chi connectivity index (χ1v) is 8.60. The van der Waals surface area contributed by atoms with Crippen LogP contribution in [0, 0.1) is 0 Å². The molecule has 2 nitrogen and oxygen atoms in total. The lowest BCUT2D eigenvalue weighted by Gasteiger charge is -2.17. The van der Waals surface area contributed by atoms with Crippen LogP contribution >= 0.6 is 0 Å². The van der Waals surface area contributed by atoms with Crippen molar-refractivity contribution < 1.29 is 9.40 Å². The summed E-state index contributed by atoms with van der Waals surface area (Å²) in [6.07, 6.45) is 6.79. The number of para-hydroxylation sites is 1. The van der Waals surface area contributed by atoms with Gasteiger partial charge < -0.3 is 4.42 Å². The Balaban J connectivity index is 1.91. The third kappa shape index (κ3) is 2.46. The first-order valence-electron chi connectivity index (χ1n) is 8.60. The molecule has 3 aromatic rings. The first kappa shape index (κ1) is 14.5. The smallest absolute Gasteiger partial charge is 0.214 e. The molecule has 4 rings (SSSR count).